The number of amides is 1. The van der Waals surface area contributed by atoms with Crippen LogP contribution >= 0.6 is 0 Å². The third-order valence-corrected chi connectivity index (χ3v) is 1.67. The number of carbonyl (C=O) groups excluding carboxylic acids is 1. The normalized spacial score (nSPS) is 22.5. The van der Waals surface area contributed by atoms with Crippen LogP contribution in [-0.2, 0) is 4.74 Å². The van der Waals surface area contributed by atoms with E-state index in [2.05, 4.69) is 5.43 Å². The van der Waals surface area contributed by atoms with Gasteiger partial charge in [0, 0.05) is 6.54 Å². The molecule has 1 amide bonds. The average Bonchev–Trinajstić information content (AvgIpc) is 2.05. The summed E-state index contributed by atoms with van der Waals surface area (Å²) in [6.07, 6.45) is 3.64. The number of hydrazine groups is 1. The van der Waals surface area contributed by atoms with E-state index in [-0.39, 0.29) is 12.1 Å². The van der Waals surface area contributed by atoms with Gasteiger partial charge in [0.15, 0.2) is 0 Å². The molecule has 4 nitrogen and oxygen atoms in total. The van der Waals surface area contributed by atoms with Gasteiger partial charge in [0.05, 0.1) is 12.6 Å². The van der Waals surface area contributed by atoms with Crippen molar-refractivity contribution in [3.63, 3.8) is 0 Å². The van der Waals surface area contributed by atoms with Crippen LogP contribution in [0.5, 0.6) is 0 Å². The van der Waals surface area contributed by atoms with Crippen molar-refractivity contribution in [1.82, 2.24) is 10.4 Å². The van der Waals surface area contributed by atoms with Crippen LogP contribution in [0.3, 0.4) is 0 Å². The number of carbonyl (C=O) groups is 1. The highest BCUT2D eigenvalue weighted by Gasteiger charge is 2.20. The molecule has 0 unspecified atom stereocenters. The topological polar surface area (TPSA) is 41.6 Å². The van der Waals surface area contributed by atoms with Crippen LogP contribution in [0.15, 0.2) is 12.2 Å². The maximum absolute atomic E-state index is 11.2. The second-order valence-electron chi connectivity index (χ2n) is 2.60. The standard InChI is InChI=1S/C8H14N2O2/c1-3-12-8(11)10-7(2)5-4-6-9-10/h4-5,7,9H,3,6H2,1-2H3/t7-/m1/s1. The fraction of sp³-hybridized carbons (Fsp3) is 0.625. The van der Waals surface area contributed by atoms with Crippen molar-refractivity contribution in [2.75, 3.05) is 13.2 Å². The average molecular weight is 170 g/mol. The molecule has 0 radical (unpaired) electrons. The number of rotatable bonds is 1. The molecule has 0 spiro atoms. The Bertz CT molecular complexity index is 191. The molecule has 0 bridgehead atoms. The Morgan fingerprint density at radius 1 is 1.83 bits per heavy atom. The molecule has 4 heteroatoms. The summed E-state index contributed by atoms with van der Waals surface area (Å²) in [4.78, 5) is 11.2. The summed E-state index contributed by atoms with van der Waals surface area (Å²) in [7, 11) is 0. The SMILES string of the molecule is CCOC(=O)N1NCC=C[C@H]1C. The Labute approximate surface area is 72.2 Å². The first-order valence-electron chi connectivity index (χ1n) is 4.12. The smallest absolute Gasteiger partial charge is 0.424 e. The Kier molecular flexibility index (Phi) is 3.10. The van der Waals surface area contributed by atoms with Crippen LogP contribution in [0, 0.1) is 0 Å². The Morgan fingerprint density at radius 3 is 3.17 bits per heavy atom. The van der Waals surface area contributed by atoms with Gasteiger partial charge >= 0.3 is 6.09 Å². The maximum Gasteiger partial charge on any atom is 0.424 e. The molecule has 68 valence electrons. The zero-order chi connectivity index (χ0) is 8.97. The zero-order valence-electron chi connectivity index (χ0n) is 7.41. The summed E-state index contributed by atoms with van der Waals surface area (Å²) >= 11 is 0. The van der Waals surface area contributed by atoms with Crippen LogP contribution in [0.1, 0.15) is 13.8 Å². The predicted molar refractivity (Wildman–Crippen MR) is 45.5 cm³/mol. The minimum absolute atomic E-state index is 0.0674. The van der Waals surface area contributed by atoms with Gasteiger partial charge in [-0.2, -0.15) is 0 Å². The van der Waals surface area contributed by atoms with E-state index in [1.807, 2.05) is 19.1 Å². The first kappa shape index (κ1) is 9.06. The van der Waals surface area contributed by atoms with Crippen LogP contribution in [0.4, 0.5) is 4.79 Å². The van der Waals surface area contributed by atoms with E-state index >= 15 is 0 Å². The van der Waals surface area contributed by atoms with E-state index in [0.717, 1.165) is 0 Å². The van der Waals surface area contributed by atoms with E-state index in [1.165, 1.54) is 5.01 Å². The van der Waals surface area contributed by atoms with Gasteiger partial charge in [-0.05, 0) is 13.8 Å². The predicted octanol–water partition coefficient (Wildman–Crippen LogP) is 0.908. The first-order chi connectivity index (χ1) is 5.75. The Balaban J connectivity index is 2.50. The van der Waals surface area contributed by atoms with Crippen molar-refractivity contribution in [2.24, 2.45) is 0 Å². The van der Waals surface area contributed by atoms with Gasteiger partial charge in [0.25, 0.3) is 0 Å². The number of nitrogens with zero attached hydrogens (tertiary/aromatic N) is 1. The minimum atomic E-state index is -0.311. The van der Waals surface area contributed by atoms with E-state index < -0.39 is 0 Å². The van der Waals surface area contributed by atoms with Gasteiger partial charge < -0.3 is 4.74 Å². The molecule has 0 saturated heterocycles. The van der Waals surface area contributed by atoms with Crippen molar-refractivity contribution in [2.45, 2.75) is 19.9 Å². The number of hydrogen-bond acceptors (Lipinski definition) is 3. The van der Waals surface area contributed by atoms with E-state index in [0.29, 0.717) is 13.2 Å². The second-order valence-corrected chi connectivity index (χ2v) is 2.60. The zero-order valence-corrected chi connectivity index (χ0v) is 7.41. The number of nitrogens with one attached hydrogen (secondary N) is 1. The summed E-state index contributed by atoms with van der Waals surface area (Å²) in [6, 6.07) is 0.0674. The fourth-order valence-electron chi connectivity index (χ4n) is 1.07. The molecule has 0 aromatic heterocycles. The summed E-state index contributed by atoms with van der Waals surface area (Å²) in [6.45, 7) is 4.82. The lowest BCUT2D eigenvalue weighted by atomic mass is 10.2. The van der Waals surface area contributed by atoms with Gasteiger partial charge in [0.2, 0.25) is 0 Å². The van der Waals surface area contributed by atoms with Crippen molar-refractivity contribution < 1.29 is 9.53 Å². The molecule has 0 saturated carbocycles. The lowest BCUT2D eigenvalue weighted by Crippen LogP contribution is -2.50. The molecule has 0 aromatic carbocycles. The Hall–Kier alpha value is -1.03. The van der Waals surface area contributed by atoms with Crippen LogP contribution in [0.25, 0.3) is 0 Å². The monoisotopic (exact) mass is 170 g/mol. The molecule has 1 atom stereocenters. The molecule has 0 aromatic rings. The van der Waals surface area contributed by atoms with E-state index in [1.54, 1.807) is 6.92 Å². The van der Waals surface area contributed by atoms with Gasteiger partial charge in [-0.1, -0.05) is 12.2 Å². The molecule has 1 rings (SSSR count). The summed E-state index contributed by atoms with van der Waals surface area (Å²) in [5, 5.41) is 1.49. The maximum atomic E-state index is 11.2. The van der Waals surface area contributed by atoms with E-state index in [9.17, 15) is 4.79 Å². The molecule has 1 aliphatic heterocycles. The van der Waals surface area contributed by atoms with Gasteiger partial charge in [0.1, 0.15) is 0 Å². The summed E-state index contributed by atoms with van der Waals surface area (Å²) in [5.41, 5.74) is 2.93. The molecule has 1 heterocycles. The largest absolute Gasteiger partial charge is 0.449 e. The highest BCUT2D eigenvalue weighted by molar-refractivity contribution is 5.67. The third-order valence-electron chi connectivity index (χ3n) is 1.67. The van der Waals surface area contributed by atoms with Crippen molar-refractivity contribution in [1.29, 1.82) is 0 Å². The third kappa shape index (κ3) is 1.98. The summed E-state index contributed by atoms with van der Waals surface area (Å²) in [5.74, 6) is 0. The van der Waals surface area contributed by atoms with Gasteiger partial charge in [-0.15, -0.1) is 0 Å². The molecule has 1 aliphatic rings. The summed E-state index contributed by atoms with van der Waals surface area (Å²) < 4.78 is 4.84. The van der Waals surface area contributed by atoms with E-state index in [4.69, 9.17) is 4.74 Å². The highest BCUT2D eigenvalue weighted by Crippen LogP contribution is 2.03. The molecular weight excluding hydrogens is 156 g/mol. The minimum Gasteiger partial charge on any atom is -0.449 e. The van der Waals surface area contributed by atoms with Crippen LogP contribution in [0.2, 0.25) is 0 Å². The quantitative estimate of drug-likeness (QED) is 0.595. The second kappa shape index (κ2) is 4.11. The van der Waals surface area contributed by atoms with Crippen molar-refractivity contribution in [3.05, 3.63) is 12.2 Å². The van der Waals surface area contributed by atoms with Crippen molar-refractivity contribution >= 4 is 6.09 Å². The molecule has 12 heavy (non-hydrogen) atoms. The Morgan fingerprint density at radius 2 is 2.58 bits per heavy atom. The number of ether oxygens (including phenoxy) is 1. The molecule has 0 fully saturated rings. The fourth-order valence-corrected chi connectivity index (χ4v) is 1.07. The van der Waals surface area contributed by atoms with Crippen molar-refractivity contribution in [3.8, 4) is 0 Å². The van der Waals surface area contributed by atoms with Crippen LogP contribution < -0.4 is 5.43 Å². The lowest BCUT2D eigenvalue weighted by molar-refractivity contribution is 0.0768. The highest BCUT2D eigenvalue weighted by atomic mass is 16.6. The van der Waals surface area contributed by atoms with Crippen LogP contribution in [-0.4, -0.2) is 30.3 Å². The lowest BCUT2D eigenvalue weighted by Gasteiger charge is -2.29. The van der Waals surface area contributed by atoms with Gasteiger partial charge in [-0.25, -0.2) is 15.2 Å². The molecule has 0 aliphatic carbocycles. The van der Waals surface area contributed by atoms with Gasteiger partial charge in [-0.3, -0.25) is 0 Å². The molecular formula is C8H14N2O2. The first-order valence-corrected chi connectivity index (χ1v) is 4.12. The molecule has 1 N–H and O–H groups in total. The number of hydrogen-bond donors (Lipinski definition) is 1.